The lowest BCUT2D eigenvalue weighted by Crippen LogP contribution is -2.45. The van der Waals surface area contributed by atoms with Gasteiger partial charge in [0.25, 0.3) is 11.5 Å². The average molecular weight is 724 g/mol. The van der Waals surface area contributed by atoms with Crippen LogP contribution in [0.25, 0.3) is 27.8 Å². The molecule has 0 spiro atoms. The van der Waals surface area contributed by atoms with E-state index in [9.17, 15) is 18.8 Å². The SMILES string of the molecule is CCN(CC)C1CCN(Cc2ccc(-c3cccc(-n4c(=O)n(C5CCC(NC(=O)c6csc(C)n6)CC5)c(=O)c5cc(F)cnc54)c3)cc2)CC1. The van der Waals surface area contributed by atoms with Crippen LogP contribution in [0.5, 0.6) is 0 Å². The van der Waals surface area contributed by atoms with Crippen LogP contribution in [0, 0.1) is 12.7 Å². The Kier molecular flexibility index (Phi) is 10.8. The summed E-state index contributed by atoms with van der Waals surface area (Å²) in [5.41, 5.74) is 3.16. The van der Waals surface area contributed by atoms with Crippen LogP contribution in [0.4, 0.5) is 4.39 Å². The zero-order chi connectivity index (χ0) is 36.4. The third kappa shape index (κ3) is 7.51. The lowest BCUT2D eigenvalue weighted by atomic mass is 9.90. The molecule has 2 aromatic carbocycles. The fourth-order valence-corrected chi connectivity index (χ4v) is 8.60. The van der Waals surface area contributed by atoms with Gasteiger partial charge in [-0.2, -0.15) is 0 Å². The van der Waals surface area contributed by atoms with E-state index in [-0.39, 0.29) is 23.0 Å². The molecule has 7 rings (SSSR count). The van der Waals surface area contributed by atoms with E-state index in [4.69, 9.17) is 0 Å². The molecule has 0 bridgehead atoms. The first-order valence-electron chi connectivity index (χ1n) is 18.4. The highest BCUT2D eigenvalue weighted by Gasteiger charge is 2.29. The van der Waals surface area contributed by atoms with E-state index in [2.05, 4.69) is 63.2 Å². The van der Waals surface area contributed by atoms with Crippen molar-refractivity contribution < 1.29 is 9.18 Å². The summed E-state index contributed by atoms with van der Waals surface area (Å²) in [5, 5.41) is 5.66. The van der Waals surface area contributed by atoms with Crippen LogP contribution in [0.1, 0.15) is 79.5 Å². The minimum atomic E-state index is -0.646. The standard InChI is InChI=1S/C40H46FN7O3S/c1-4-46(5-2)32-17-19-45(20-18-32)24-27-9-11-28(12-10-27)29-7-6-8-34(21-29)47-37-35(22-30(41)23-42-37)39(50)48(40(47)51)33-15-13-31(14-16-33)44-38(49)36-25-52-26(3)43-36/h6-12,21-23,25,31-33H,4-5,13-20,24H2,1-3H3,(H,44,49). The van der Waals surface area contributed by atoms with Gasteiger partial charge < -0.3 is 10.2 Å². The second-order valence-corrected chi connectivity index (χ2v) is 15.1. The fourth-order valence-electron chi connectivity index (χ4n) is 8.01. The second-order valence-electron chi connectivity index (χ2n) is 14.0. The number of carbonyl (C=O) groups excluding carboxylic acids is 1. The van der Waals surface area contributed by atoms with E-state index in [1.54, 1.807) is 5.38 Å². The number of fused-ring (bicyclic) bond motifs is 1. The van der Waals surface area contributed by atoms with Crippen molar-refractivity contribution in [1.82, 2.24) is 34.2 Å². The molecule has 5 aromatic rings. The molecule has 3 aromatic heterocycles. The Bertz CT molecular complexity index is 2160. The summed E-state index contributed by atoms with van der Waals surface area (Å²) in [7, 11) is 0. The Hall–Kier alpha value is -4.52. The van der Waals surface area contributed by atoms with Gasteiger partial charge in [-0.15, -0.1) is 11.3 Å². The molecule has 0 atom stereocenters. The van der Waals surface area contributed by atoms with Gasteiger partial charge in [-0.25, -0.2) is 23.7 Å². The van der Waals surface area contributed by atoms with Gasteiger partial charge in [0.2, 0.25) is 0 Å². The van der Waals surface area contributed by atoms with Gasteiger partial charge in [0.05, 0.1) is 22.3 Å². The smallest absolute Gasteiger partial charge is 0.337 e. The molecule has 2 fully saturated rings. The number of benzene rings is 2. The number of piperidine rings is 1. The molecule has 1 saturated carbocycles. The van der Waals surface area contributed by atoms with Crippen LogP contribution in [-0.4, -0.2) is 73.1 Å². The predicted octanol–water partition coefficient (Wildman–Crippen LogP) is 6.34. The number of pyridine rings is 1. The summed E-state index contributed by atoms with van der Waals surface area (Å²) in [5.74, 6) is -0.868. The number of aromatic nitrogens is 4. The predicted molar refractivity (Wildman–Crippen MR) is 204 cm³/mol. The van der Waals surface area contributed by atoms with Gasteiger partial charge in [-0.3, -0.25) is 19.1 Å². The van der Waals surface area contributed by atoms with Crippen molar-refractivity contribution >= 4 is 28.3 Å². The number of hydrogen-bond donors (Lipinski definition) is 1. The maximum Gasteiger partial charge on any atom is 0.337 e. The number of nitrogens with one attached hydrogen (secondary N) is 1. The third-order valence-electron chi connectivity index (χ3n) is 10.8. The first-order chi connectivity index (χ1) is 25.2. The van der Waals surface area contributed by atoms with E-state index in [0.29, 0.717) is 43.1 Å². The zero-order valence-electron chi connectivity index (χ0n) is 30.1. The number of amides is 1. The van der Waals surface area contributed by atoms with Crippen LogP contribution in [0.2, 0.25) is 0 Å². The van der Waals surface area contributed by atoms with Gasteiger partial charge in [-0.05, 0) is 107 Å². The number of hydrogen-bond acceptors (Lipinski definition) is 8. The molecule has 1 aliphatic carbocycles. The van der Waals surface area contributed by atoms with E-state index < -0.39 is 23.1 Å². The van der Waals surface area contributed by atoms with Crippen LogP contribution in [0.3, 0.4) is 0 Å². The number of aryl methyl sites for hydroxylation is 1. The van der Waals surface area contributed by atoms with Gasteiger partial charge in [0.1, 0.15) is 11.5 Å². The summed E-state index contributed by atoms with van der Waals surface area (Å²) < 4.78 is 17.2. The minimum absolute atomic E-state index is 0.0461. The molecule has 0 unspecified atom stereocenters. The molecule has 4 heterocycles. The molecule has 52 heavy (non-hydrogen) atoms. The topological polar surface area (TPSA) is 105 Å². The van der Waals surface area contributed by atoms with Crippen LogP contribution < -0.4 is 16.6 Å². The van der Waals surface area contributed by atoms with Gasteiger partial charge in [-0.1, -0.05) is 50.2 Å². The highest BCUT2D eigenvalue weighted by molar-refractivity contribution is 7.09. The Balaban J connectivity index is 1.11. The molecule has 1 N–H and O–H groups in total. The highest BCUT2D eigenvalue weighted by atomic mass is 32.1. The van der Waals surface area contributed by atoms with E-state index >= 15 is 0 Å². The fraction of sp³-hybridized carbons (Fsp3) is 0.425. The first-order valence-corrected chi connectivity index (χ1v) is 19.3. The van der Waals surface area contributed by atoms with Gasteiger partial charge in [0, 0.05) is 30.1 Å². The molecule has 1 saturated heterocycles. The van der Waals surface area contributed by atoms with E-state index in [1.807, 2.05) is 31.2 Å². The van der Waals surface area contributed by atoms with Crippen LogP contribution >= 0.6 is 11.3 Å². The van der Waals surface area contributed by atoms with E-state index in [1.165, 1.54) is 38.9 Å². The normalized spacial score (nSPS) is 18.6. The Labute approximate surface area is 307 Å². The lowest BCUT2D eigenvalue weighted by molar-refractivity contribution is 0.0917. The van der Waals surface area contributed by atoms with Gasteiger partial charge >= 0.3 is 5.69 Å². The molecular weight excluding hydrogens is 678 g/mol. The maximum atomic E-state index is 14.5. The summed E-state index contributed by atoms with van der Waals surface area (Å²) in [6.07, 6.45) is 5.62. The van der Waals surface area contributed by atoms with Crippen molar-refractivity contribution in [3.63, 3.8) is 0 Å². The highest BCUT2D eigenvalue weighted by Crippen LogP contribution is 2.29. The maximum absolute atomic E-state index is 14.5. The molecule has 2 aliphatic rings. The monoisotopic (exact) mass is 723 g/mol. The van der Waals surface area contributed by atoms with Crippen LogP contribution in [0.15, 0.2) is 75.8 Å². The van der Waals surface area contributed by atoms with Crippen molar-refractivity contribution in [2.45, 2.75) is 84.0 Å². The number of nitrogens with zero attached hydrogens (tertiary/aromatic N) is 6. The van der Waals surface area contributed by atoms with Gasteiger partial charge in [0.15, 0.2) is 5.65 Å². The largest absolute Gasteiger partial charge is 0.348 e. The zero-order valence-corrected chi connectivity index (χ0v) is 30.9. The Morgan fingerprint density at radius 1 is 0.962 bits per heavy atom. The summed E-state index contributed by atoms with van der Waals surface area (Å²) in [6.45, 7) is 11.7. The Morgan fingerprint density at radius 3 is 2.37 bits per heavy atom. The molecule has 1 aliphatic heterocycles. The van der Waals surface area contributed by atoms with Crippen LogP contribution in [-0.2, 0) is 6.54 Å². The summed E-state index contributed by atoms with van der Waals surface area (Å²) in [6, 6.07) is 17.5. The number of halogens is 1. The molecule has 12 heteroatoms. The summed E-state index contributed by atoms with van der Waals surface area (Å²) >= 11 is 1.42. The number of likely N-dealkylation sites (tertiary alicyclic amines) is 1. The number of carbonyl (C=O) groups is 1. The lowest BCUT2D eigenvalue weighted by Gasteiger charge is -2.37. The molecule has 1 amide bonds. The van der Waals surface area contributed by atoms with Crippen molar-refractivity contribution in [3.8, 4) is 16.8 Å². The molecule has 272 valence electrons. The van der Waals surface area contributed by atoms with Crippen molar-refractivity contribution in [2.24, 2.45) is 0 Å². The quantitative estimate of drug-likeness (QED) is 0.179. The van der Waals surface area contributed by atoms with Crippen molar-refractivity contribution in [2.75, 3.05) is 26.2 Å². The second kappa shape index (κ2) is 15.6. The average Bonchev–Trinajstić information content (AvgIpc) is 3.61. The Morgan fingerprint density at radius 2 is 1.69 bits per heavy atom. The van der Waals surface area contributed by atoms with E-state index in [0.717, 1.165) is 61.1 Å². The third-order valence-corrected chi connectivity index (χ3v) is 11.6. The summed E-state index contributed by atoms with van der Waals surface area (Å²) in [4.78, 5) is 54.5. The number of rotatable bonds is 10. The molecular formula is C40H46FN7O3S. The van der Waals surface area contributed by atoms with Crippen molar-refractivity contribution in [3.05, 3.63) is 109 Å². The molecule has 10 nitrogen and oxygen atoms in total. The van der Waals surface area contributed by atoms with Crippen molar-refractivity contribution in [1.29, 1.82) is 0 Å². The first kappa shape index (κ1) is 35.9. The molecule has 0 radical (unpaired) electrons. The number of thiazole rings is 1. The minimum Gasteiger partial charge on any atom is -0.348 e.